The van der Waals surface area contributed by atoms with Gasteiger partial charge < -0.3 is 10.2 Å². The first kappa shape index (κ1) is 11.8. The SMILES string of the molecule is CC(CN)CC(=O)c1cc2cccc(F)c2o1. The average molecular weight is 235 g/mol. The van der Waals surface area contributed by atoms with Crippen LogP contribution in [0.4, 0.5) is 4.39 Å². The van der Waals surface area contributed by atoms with Crippen LogP contribution >= 0.6 is 0 Å². The Morgan fingerprint density at radius 3 is 2.94 bits per heavy atom. The number of furan rings is 1. The maximum Gasteiger partial charge on any atom is 0.198 e. The van der Waals surface area contributed by atoms with Crippen molar-refractivity contribution in [3.8, 4) is 0 Å². The van der Waals surface area contributed by atoms with Crippen LogP contribution in [0.1, 0.15) is 23.9 Å². The highest BCUT2D eigenvalue weighted by Gasteiger charge is 2.16. The molecular formula is C13H14FNO2. The lowest BCUT2D eigenvalue weighted by molar-refractivity contribution is 0.0940. The fourth-order valence-corrected chi connectivity index (χ4v) is 1.67. The minimum absolute atomic E-state index is 0.0977. The Morgan fingerprint density at radius 2 is 2.29 bits per heavy atom. The number of hydrogen-bond donors (Lipinski definition) is 1. The molecule has 0 spiro atoms. The minimum atomic E-state index is -0.451. The van der Waals surface area contributed by atoms with Gasteiger partial charge in [-0.25, -0.2) is 4.39 Å². The average Bonchev–Trinajstić information content (AvgIpc) is 2.74. The smallest absolute Gasteiger partial charge is 0.198 e. The van der Waals surface area contributed by atoms with Crippen molar-refractivity contribution in [3.63, 3.8) is 0 Å². The molecule has 2 aromatic rings. The van der Waals surface area contributed by atoms with Crippen LogP contribution in [-0.2, 0) is 0 Å². The Hall–Kier alpha value is -1.68. The van der Waals surface area contributed by atoms with Crippen molar-refractivity contribution in [1.82, 2.24) is 0 Å². The van der Waals surface area contributed by atoms with Crippen molar-refractivity contribution < 1.29 is 13.6 Å². The Balaban J connectivity index is 2.30. The Bertz CT molecular complexity index is 547. The molecule has 0 saturated carbocycles. The van der Waals surface area contributed by atoms with Crippen LogP contribution < -0.4 is 5.73 Å². The first-order valence-electron chi connectivity index (χ1n) is 5.53. The summed E-state index contributed by atoms with van der Waals surface area (Å²) in [6.45, 7) is 2.33. The number of hydrogen-bond acceptors (Lipinski definition) is 3. The molecule has 2 N–H and O–H groups in total. The summed E-state index contributed by atoms with van der Waals surface area (Å²) in [7, 11) is 0. The molecule has 90 valence electrons. The number of Topliss-reactive ketones (excluding diaryl/α,β-unsaturated/α-hetero) is 1. The molecule has 0 amide bonds. The van der Waals surface area contributed by atoms with E-state index in [9.17, 15) is 9.18 Å². The molecule has 0 bridgehead atoms. The summed E-state index contributed by atoms with van der Waals surface area (Å²) >= 11 is 0. The summed E-state index contributed by atoms with van der Waals surface area (Å²) in [6, 6.07) is 6.18. The monoisotopic (exact) mass is 235 g/mol. The van der Waals surface area contributed by atoms with Gasteiger partial charge in [0, 0.05) is 11.8 Å². The van der Waals surface area contributed by atoms with Crippen LogP contribution in [0.5, 0.6) is 0 Å². The highest BCUT2D eigenvalue weighted by atomic mass is 19.1. The number of para-hydroxylation sites is 1. The second-order valence-electron chi connectivity index (χ2n) is 4.24. The van der Waals surface area contributed by atoms with Crippen molar-refractivity contribution >= 4 is 16.8 Å². The Kier molecular flexibility index (Phi) is 3.24. The van der Waals surface area contributed by atoms with Gasteiger partial charge in [0.15, 0.2) is 22.9 Å². The van der Waals surface area contributed by atoms with Gasteiger partial charge in [-0.15, -0.1) is 0 Å². The topological polar surface area (TPSA) is 56.2 Å². The fraction of sp³-hybridized carbons (Fsp3) is 0.308. The van der Waals surface area contributed by atoms with Crippen LogP contribution in [0.2, 0.25) is 0 Å². The van der Waals surface area contributed by atoms with Gasteiger partial charge >= 0.3 is 0 Å². The van der Waals surface area contributed by atoms with E-state index in [2.05, 4.69) is 0 Å². The zero-order valence-corrected chi connectivity index (χ0v) is 9.57. The molecule has 0 radical (unpaired) electrons. The molecule has 0 fully saturated rings. The van der Waals surface area contributed by atoms with Gasteiger partial charge in [-0.05, 0) is 24.6 Å². The lowest BCUT2D eigenvalue weighted by Crippen LogP contribution is -2.14. The summed E-state index contributed by atoms with van der Waals surface area (Å²) < 4.78 is 18.6. The van der Waals surface area contributed by atoms with Gasteiger partial charge in [-0.1, -0.05) is 19.1 Å². The van der Waals surface area contributed by atoms with E-state index in [1.54, 1.807) is 18.2 Å². The molecule has 17 heavy (non-hydrogen) atoms. The van der Waals surface area contributed by atoms with Gasteiger partial charge in [-0.3, -0.25) is 4.79 Å². The summed E-state index contributed by atoms with van der Waals surface area (Å²) in [5.41, 5.74) is 5.59. The van der Waals surface area contributed by atoms with E-state index in [1.807, 2.05) is 6.92 Å². The molecule has 1 atom stereocenters. The number of fused-ring (bicyclic) bond motifs is 1. The van der Waals surface area contributed by atoms with Gasteiger partial charge in [0.1, 0.15) is 0 Å². The van der Waals surface area contributed by atoms with Crippen molar-refractivity contribution in [2.24, 2.45) is 11.7 Å². The summed E-state index contributed by atoms with van der Waals surface area (Å²) in [5.74, 6) is -0.294. The van der Waals surface area contributed by atoms with E-state index in [4.69, 9.17) is 10.2 Å². The second kappa shape index (κ2) is 4.67. The lowest BCUT2D eigenvalue weighted by atomic mass is 10.0. The maximum absolute atomic E-state index is 13.4. The zero-order chi connectivity index (χ0) is 12.4. The summed E-state index contributed by atoms with van der Waals surface area (Å²) in [5, 5.41) is 0.605. The number of benzene rings is 1. The third-order valence-corrected chi connectivity index (χ3v) is 2.71. The highest BCUT2D eigenvalue weighted by Crippen LogP contribution is 2.23. The number of halogens is 1. The zero-order valence-electron chi connectivity index (χ0n) is 9.57. The molecule has 0 aliphatic rings. The first-order chi connectivity index (χ1) is 8.11. The third-order valence-electron chi connectivity index (χ3n) is 2.71. The number of rotatable bonds is 4. The van der Waals surface area contributed by atoms with Crippen molar-refractivity contribution in [2.45, 2.75) is 13.3 Å². The second-order valence-corrected chi connectivity index (χ2v) is 4.24. The normalized spacial score (nSPS) is 12.9. The Labute approximate surface area is 98.4 Å². The number of carbonyl (C=O) groups excluding carboxylic acids is 1. The van der Waals surface area contributed by atoms with E-state index >= 15 is 0 Å². The molecule has 1 heterocycles. The quantitative estimate of drug-likeness (QED) is 0.829. The summed E-state index contributed by atoms with van der Waals surface area (Å²) in [6.07, 6.45) is 0.317. The molecule has 4 heteroatoms. The van der Waals surface area contributed by atoms with E-state index in [-0.39, 0.29) is 23.0 Å². The minimum Gasteiger partial charge on any atom is -0.450 e. The van der Waals surface area contributed by atoms with E-state index in [0.29, 0.717) is 18.4 Å². The number of ketones is 1. The van der Waals surface area contributed by atoms with Gasteiger partial charge in [0.25, 0.3) is 0 Å². The third kappa shape index (κ3) is 2.36. The predicted molar refractivity (Wildman–Crippen MR) is 63.3 cm³/mol. The molecule has 0 aliphatic heterocycles. The highest BCUT2D eigenvalue weighted by molar-refractivity contribution is 5.97. The largest absolute Gasteiger partial charge is 0.450 e. The maximum atomic E-state index is 13.4. The summed E-state index contributed by atoms with van der Waals surface area (Å²) in [4.78, 5) is 11.8. The van der Waals surface area contributed by atoms with E-state index in [0.717, 1.165) is 0 Å². The standard InChI is InChI=1S/C13H14FNO2/c1-8(7-15)5-11(16)12-6-9-3-2-4-10(14)13(9)17-12/h2-4,6,8H,5,7,15H2,1H3. The number of nitrogens with two attached hydrogens (primary N) is 1. The molecule has 0 aliphatic carbocycles. The number of carbonyl (C=O) groups is 1. The fourth-order valence-electron chi connectivity index (χ4n) is 1.67. The molecule has 1 aromatic heterocycles. The van der Waals surface area contributed by atoms with Crippen molar-refractivity contribution in [2.75, 3.05) is 6.54 Å². The van der Waals surface area contributed by atoms with Crippen LogP contribution in [0.3, 0.4) is 0 Å². The predicted octanol–water partition coefficient (Wildman–Crippen LogP) is 2.74. The van der Waals surface area contributed by atoms with E-state index < -0.39 is 5.82 Å². The van der Waals surface area contributed by atoms with Gasteiger partial charge in [0.05, 0.1) is 0 Å². The van der Waals surface area contributed by atoms with Crippen LogP contribution in [-0.4, -0.2) is 12.3 Å². The molecule has 3 nitrogen and oxygen atoms in total. The van der Waals surface area contributed by atoms with Crippen LogP contribution in [0.15, 0.2) is 28.7 Å². The van der Waals surface area contributed by atoms with Gasteiger partial charge in [0.2, 0.25) is 0 Å². The molecule has 1 unspecified atom stereocenters. The first-order valence-corrected chi connectivity index (χ1v) is 5.53. The van der Waals surface area contributed by atoms with Gasteiger partial charge in [-0.2, -0.15) is 0 Å². The molecule has 1 aromatic carbocycles. The molecular weight excluding hydrogens is 221 g/mol. The Morgan fingerprint density at radius 1 is 1.53 bits per heavy atom. The lowest BCUT2D eigenvalue weighted by Gasteiger charge is -2.04. The van der Waals surface area contributed by atoms with Crippen LogP contribution in [0.25, 0.3) is 11.0 Å². The van der Waals surface area contributed by atoms with E-state index in [1.165, 1.54) is 6.07 Å². The molecule has 0 saturated heterocycles. The van der Waals surface area contributed by atoms with Crippen molar-refractivity contribution in [1.29, 1.82) is 0 Å². The molecule has 2 rings (SSSR count). The van der Waals surface area contributed by atoms with Crippen LogP contribution in [0, 0.1) is 11.7 Å². The van der Waals surface area contributed by atoms with Crippen molar-refractivity contribution in [3.05, 3.63) is 35.8 Å².